The van der Waals surface area contributed by atoms with Crippen LogP contribution in [0.1, 0.15) is 54.2 Å². The summed E-state index contributed by atoms with van der Waals surface area (Å²) < 4.78 is 17.4. The zero-order valence-electron chi connectivity index (χ0n) is 16.8. The lowest BCUT2D eigenvalue weighted by Gasteiger charge is -2.32. The Bertz CT molecular complexity index is 1010. The molecule has 9 heteroatoms. The number of aromatic nitrogens is 3. The Hall–Kier alpha value is -3.20. The van der Waals surface area contributed by atoms with Gasteiger partial charge >= 0.3 is 0 Å². The molecule has 1 atom stereocenters. The topological polar surface area (TPSA) is 88.1 Å². The fourth-order valence-corrected chi connectivity index (χ4v) is 4.28. The number of benzene rings is 1. The van der Waals surface area contributed by atoms with E-state index in [1.54, 1.807) is 24.5 Å². The van der Waals surface area contributed by atoms with Gasteiger partial charge in [0.05, 0.1) is 0 Å². The smallest absolute Gasteiger partial charge is 0.280 e. The summed E-state index contributed by atoms with van der Waals surface area (Å²) in [4.78, 5) is 32.4. The summed E-state index contributed by atoms with van der Waals surface area (Å²) in [6.07, 6.45) is 8.27. The SMILES string of the molecule is O=C(NC1CCCCC1)[C@H](c1cccnc1)N(C(=O)c1csnn1)c1ccc(F)cc1. The fraction of sp³-hybridized carbons (Fsp3) is 0.318. The van der Waals surface area contributed by atoms with Gasteiger partial charge in [-0.1, -0.05) is 29.8 Å². The minimum Gasteiger partial charge on any atom is -0.351 e. The summed E-state index contributed by atoms with van der Waals surface area (Å²) >= 11 is 1.05. The first kappa shape index (κ1) is 21.0. The molecule has 4 rings (SSSR count). The quantitative estimate of drug-likeness (QED) is 0.629. The van der Waals surface area contributed by atoms with Crippen LogP contribution < -0.4 is 10.2 Å². The molecule has 0 spiro atoms. The molecule has 1 N–H and O–H groups in total. The molecule has 2 aromatic heterocycles. The summed E-state index contributed by atoms with van der Waals surface area (Å²) in [5, 5.41) is 8.52. The van der Waals surface area contributed by atoms with Gasteiger partial charge in [0, 0.05) is 35.1 Å². The summed E-state index contributed by atoms with van der Waals surface area (Å²) in [7, 11) is 0. The molecule has 1 saturated carbocycles. The van der Waals surface area contributed by atoms with Gasteiger partial charge < -0.3 is 5.32 Å². The minimum absolute atomic E-state index is 0.0616. The number of nitrogens with zero attached hydrogens (tertiary/aromatic N) is 4. The van der Waals surface area contributed by atoms with Gasteiger partial charge in [0.15, 0.2) is 5.69 Å². The Kier molecular flexibility index (Phi) is 6.61. The van der Waals surface area contributed by atoms with Gasteiger partial charge in [0.2, 0.25) is 5.91 Å². The van der Waals surface area contributed by atoms with Gasteiger partial charge in [-0.2, -0.15) is 0 Å². The second-order valence-corrected chi connectivity index (χ2v) is 8.08. The van der Waals surface area contributed by atoms with E-state index < -0.39 is 17.8 Å². The number of halogens is 1. The Morgan fingerprint density at radius 1 is 1.13 bits per heavy atom. The highest BCUT2D eigenvalue weighted by atomic mass is 32.1. The number of pyridine rings is 1. The molecule has 2 heterocycles. The predicted octanol–water partition coefficient (Wildman–Crippen LogP) is 3.91. The molecular weight excluding hydrogens is 417 g/mol. The average molecular weight is 440 g/mol. The van der Waals surface area contributed by atoms with Gasteiger partial charge in [-0.3, -0.25) is 19.5 Å². The average Bonchev–Trinajstić information content (AvgIpc) is 3.34. The minimum atomic E-state index is -0.990. The van der Waals surface area contributed by atoms with Crippen LogP contribution >= 0.6 is 11.5 Å². The number of hydrogen-bond donors (Lipinski definition) is 1. The third-order valence-electron chi connectivity index (χ3n) is 5.36. The van der Waals surface area contributed by atoms with Crippen LogP contribution in [0.3, 0.4) is 0 Å². The van der Waals surface area contributed by atoms with Gasteiger partial charge in [-0.25, -0.2) is 4.39 Å². The lowest BCUT2D eigenvalue weighted by molar-refractivity contribution is -0.123. The van der Waals surface area contributed by atoms with Crippen molar-refractivity contribution in [2.24, 2.45) is 0 Å². The van der Waals surface area contributed by atoms with Crippen molar-refractivity contribution in [3.8, 4) is 0 Å². The van der Waals surface area contributed by atoms with Crippen LogP contribution in [0.2, 0.25) is 0 Å². The molecule has 1 aliphatic rings. The van der Waals surface area contributed by atoms with Crippen LogP contribution in [0.4, 0.5) is 10.1 Å². The zero-order chi connectivity index (χ0) is 21.6. The summed E-state index contributed by atoms with van der Waals surface area (Å²) in [5.74, 6) is -1.23. The molecule has 2 amide bonds. The molecule has 1 fully saturated rings. The third kappa shape index (κ3) is 4.93. The van der Waals surface area contributed by atoms with E-state index in [0.717, 1.165) is 43.6 Å². The number of amides is 2. The van der Waals surface area contributed by atoms with Crippen molar-refractivity contribution < 1.29 is 14.0 Å². The third-order valence-corrected chi connectivity index (χ3v) is 5.87. The van der Waals surface area contributed by atoms with Crippen molar-refractivity contribution in [1.82, 2.24) is 19.9 Å². The van der Waals surface area contributed by atoms with Crippen molar-refractivity contribution in [3.63, 3.8) is 0 Å². The number of nitrogens with one attached hydrogen (secondary N) is 1. The standard InChI is InChI=1S/C22H22FN5O2S/c23-16-8-10-18(11-9-16)28(22(30)19-14-31-27-26-19)20(15-5-4-12-24-13-15)21(29)25-17-6-2-1-3-7-17/h4-5,8-14,17,20H,1-3,6-7H2,(H,25,29)/t20-/m0/s1. The lowest BCUT2D eigenvalue weighted by Crippen LogP contribution is -2.47. The van der Waals surface area contributed by atoms with Crippen molar-refractivity contribution in [2.45, 2.75) is 44.2 Å². The van der Waals surface area contributed by atoms with Crippen molar-refractivity contribution >= 4 is 29.0 Å². The number of anilines is 1. The molecular formula is C22H22FN5O2S. The second kappa shape index (κ2) is 9.74. The fourth-order valence-electron chi connectivity index (χ4n) is 3.85. The van der Waals surface area contributed by atoms with Gasteiger partial charge in [-0.05, 0) is 54.7 Å². The van der Waals surface area contributed by atoms with Crippen LogP contribution in [0, 0.1) is 5.82 Å². The Morgan fingerprint density at radius 2 is 1.90 bits per heavy atom. The first-order valence-electron chi connectivity index (χ1n) is 10.2. The molecule has 3 aromatic rings. The highest BCUT2D eigenvalue weighted by Crippen LogP contribution is 2.30. The molecule has 1 aromatic carbocycles. The zero-order valence-corrected chi connectivity index (χ0v) is 17.6. The van der Waals surface area contributed by atoms with E-state index >= 15 is 0 Å². The van der Waals surface area contributed by atoms with E-state index in [1.807, 2.05) is 0 Å². The Balaban J connectivity index is 1.76. The maximum absolute atomic E-state index is 13.6. The van der Waals surface area contributed by atoms with Crippen LogP contribution in [-0.2, 0) is 4.79 Å². The molecule has 31 heavy (non-hydrogen) atoms. The second-order valence-electron chi connectivity index (χ2n) is 7.47. The van der Waals surface area contributed by atoms with Crippen LogP contribution in [-0.4, -0.2) is 32.4 Å². The van der Waals surface area contributed by atoms with E-state index in [2.05, 4.69) is 19.9 Å². The molecule has 0 aliphatic heterocycles. The van der Waals surface area contributed by atoms with Crippen molar-refractivity contribution in [1.29, 1.82) is 0 Å². The predicted molar refractivity (Wildman–Crippen MR) is 115 cm³/mol. The monoisotopic (exact) mass is 439 g/mol. The summed E-state index contributed by atoms with van der Waals surface area (Å²) in [5.41, 5.74) is 1.05. The van der Waals surface area contributed by atoms with E-state index in [9.17, 15) is 14.0 Å². The van der Waals surface area contributed by atoms with Crippen molar-refractivity contribution in [3.05, 3.63) is 71.2 Å². The molecule has 0 bridgehead atoms. The van der Waals surface area contributed by atoms with E-state index in [-0.39, 0.29) is 17.6 Å². The molecule has 160 valence electrons. The van der Waals surface area contributed by atoms with Gasteiger partial charge in [0.1, 0.15) is 11.9 Å². The highest BCUT2D eigenvalue weighted by Gasteiger charge is 2.35. The maximum atomic E-state index is 13.6. The number of carbonyl (C=O) groups is 2. The lowest BCUT2D eigenvalue weighted by atomic mass is 9.94. The van der Waals surface area contributed by atoms with Crippen LogP contribution in [0.5, 0.6) is 0 Å². The Morgan fingerprint density at radius 3 is 2.55 bits per heavy atom. The first-order chi connectivity index (χ1) is 15.1. The number of carbonyl (C=O) groups excluding carboxylic acids is 2. The molecule has 1 aliphatic carbocycles. The summed E-state index contributed by atoms with van der Waals surface area (Å²) in [6.45, 7) is 0. The van der Waals surface area contributed by atoms with Crippen LogP contribution in [0.15, 0.2) is 54.2 Å². The largest absolute Gasteiger partial charge is 0.351 e. The van der Waals surface area contributed by atoms with E-state index in [4.69, 9.17) is 0 Å². The molecule has 0 radical (unpaired) electrons. The van der Waals surface area contributed by atoms with Gasteiger partial charge in [0.25, 0.3) is 5.91 Å². The molecule has 7 nitrogen and oxygen atoms in total. The maximum Gasteiger partial charge on any atom is 0.280 e. The van der Waals surface area contributed by atoms with E-state index in [0.29, 0.717) is 11.3 Å². The normalized spacial score (nSPS) is 15.3. The highest BCUT2D eigenvalue weighted by molar-refractivity contribution is 7.03. The first-order valence-corrected chi connectivity index (χ1v) is 11.0. The van der Waals surface area contributed by atoms with E-state index in [1.165, 1.54) is 34.5 Å². The number of rotatable bonds is 6. The van der Waals surface area contributed by atoms with Crippen molar-refractivity contribution in [2.75, 3.05) is 4.90 Å². The van der Waals surface area contributed by atoms with Gasteiger partial charge in [-0.15, -0.1) is 5.10 Å². The molecule has 0 saturated heterocycles. The Labute approximate surface area is 183 Å². The molecule has 0 unspecified atom stereocenters. The van der Waals surface area contributed by atoms with Crippen LogP contribution in [0.25, 0.3) is 0 Å². The summed E-state index contributed by atoms with van der Waals surface area (Å²) in [6, 6.07) is 8.01. The number of hydrogen-bond acceptors (Lipinski definition) is 6.